The van der Waals surface area contributed by atoms with Gasteiger partial charge in [0.05, 0.1) is 19.3 Å². The summed E-state index contributed by atoms with van der Waals surface area (Å²) in [6.45, 7) is 0.859. The van der Waals surface area contributed by atoms with E-state index in [0.29, 0.717) is 6.61 Å². The van der Waals surface area contributed by atoms with Crippen molar-refractivity contribution in [2.75, 3.05) is 26.8 Å². The smallest absolute Gasteiger partial charge is 0.349 e. The lowest BCUT2D eigenvalue weighted by Gasteiger charge is -2.23. The van der Waals surface area contributed by atoms with E-state index in [1.807, 2.05) is 6.07 Å². The van der Waals surface area contributed by atoms with E-state index in [0.717, 1.165) is 24.2 Å². The number of methoxy groups -OCH3 is 1. The minimum absolute atomic E-state index is 0.0433. The molecule has 1 atom stereocenters. The molecule has 0 aromatic carbocycles. The van der Waals surface area contributed by atoms with Gasteiger partial charge in [-0.05, 0) is 24.3 Å². The van der Waals surface area contributed by atoms with Crippen LogP contribution in [0.1, 0.15) is 28.9 Å². The molecule has 23 heavy (non-hydrogen) atoms. The fraction of sp³-hybridized carbons (Fsp3) is 0.571. The lowest BCUT2D eigenvalue weighted by atomic mass is 10.2. The molecule has 1 fully saturated rings. The van der Waals surface area contributed by atoms with E-state index in [2.05, 4.69) is 4.74 Å². The first-order valence-corrected chi connectivity index (χ1v) is 9.47. The molecule has 1 aliphatic rings. The number of nitriles is 1. The first kappa shape index (κ1) is 17.9. The summed E-state index contributed by atoms with van der Waals surface area (Å²) in [5.74, 6) is -0.684. The van der Waals surface area contributed by atoms with Gasteiger partial charge in [0, 0.05) is 26.1 Å². The number of thiophene rings is 1. The molecule has 0 bridgehead atoms. The highest BCUT2D eigenvalue weighted by Crippen LogP contribution is 2.27. The van der Waals surface area contributed by atoms with E-state index < -0.39 is 16.0 Å². The van der Waals surface area contributed by atoms with Gasteiger partial charge in [-0.2, -0.15) is 9.57 Å². The second-order valence-electron chi connectivity index (χ2n) is 5.01. The normalized spacial score (nSPS) is 18.0. The maximum absolute atomic E-state index is 12.9. The lowest BCUT2D eigenvalue weighted by molar-refractivity contribution is 0.0602. The zero-order valence-corrected chi connectivity index (χ0v) is 14.4. The molecule has 0 saturated carbocycles. The van der Waals surface area contributed by atoms with Crippen molar-refractivity contribution in [1.82, 2.24) is 4.31 Å². The second kappa shape index (κ2) is 7.88. The topological polar surface area (TPSA) is 96.7 Å². The summed E-state index contributed by atoms with van der Waals surface area (Å²) in [7, 11) is -2.68. The second-order valence-corrected chi connectivity index (χ2v) is 7.83. The molecule has 2 heterocycles. The van der Waals surface area contributed by atoms with Crippen LogP contribution in [0.4, 0.5) is 0 Å². The van der Waals surface area contributed by atoms with Gasteiger partial charge in [-0.25, -0.2) is 13.2 Å². The summed E-state index contributed by atoms with van der Waals surface area (Å²) in [6.07, 6.45) is 1.57. The van der Waals surface area contributed by atoms with Gasteiger partial charge >= 0.3 is 5.97 Å². The van der Waals surface area contributed by atoms with Crippen molar-refractivity contribution < 1.29 is 22.7 Å². The minimum atomic E-state index is -3.89. The van der Waals surface area contributed by atoms with E-state index in [1.54, 1.807) is 0 Å². The van der Waals surface area contributed by atoms with Gasteiger partial charge in [0.25, 0.3) is 0 Å². The zero-order valence-electron chi connectivity index (χ0n) is 12.7. The molecule has 1 aliphatic heterocycles. The van der Waals surface area contributed by atoms with E-state index in [1.165, 1.54) is 22.9 Å². The van der Waals surface area contributed by atoms with Crippen LogP contribution in [-0.4, -0.2) is 51.6 Å². The Morgan fingerprint density at radius 2 is 2.39 bits per heavy atom. The van der Waals surface area contributed by atoms with Crippen molar-refractivity contribution in [3.63, 3.8) is 0 Å². The van der Waals surface area contributed by atoms with Gasteiger partial charge in [0.15, 0.2) is 0 Å². The molecule has 0 aliphatic carbocycles. The number of rotatable bonds is 7. The number of hydrogen-bond acceptors (Lipinski definition) is 7. The Morgan fingerprint density at radius 1 is 1.61 bits per heavy atom. The molecule has 0 radical (unpaired) electrons. The van der Waals surface area contributed by atoms with Crippen LogP contribution >= 0.6 is 11.3 Å². The summed E-state index contributed by atoms with van der Waals surface area (Å²) in [5.41, 5.74) is 0. The first-order valence-electron chi connectivity index (χ1n) is 7.15. The molecule has 2 rings (SSSR count). The van der Waals surface area contributed by atoms with Crippen LogP contribution < -0.4 is 0 Å². The van der Waals surface area contributed by atoms with Crippen molar-refractivity contribution in [3.05, 3.63) is 16.3 Å². The number of carbonyl (C=O) groups excluding carboxylic acids is 1. The molecular weight excluding hydrogens is 340 g/mol. The molecule has 0 N–H and O–H groups in total. The third-order valence-corrected chi connectivity index (χ3v) is 6.45. The first-order chi connectivity index (χ1) is 11.0. The fourth-order valence-corrected chi connectivity index (χ4v) is 5.16. The van der Waals surface area contributed by atoms with Crippen molar-refractivity contribution >= 4 is 27.3 Å². The number of ether oxygens (including phenoxy) is 2. The lowest BCUT2D eigenvalue weighted by Crippen LogP contribution is -2.38. The molecule has 9 heteroatoms. The Labute approximate surface area is 139 Å². The summed E-state index contributed by atoms with van der Waals surface area (Å²) in [4.78, 5) is 11.7. The van der Waals surface area contributed by atoms with Crippen LogP contribution in [0.5, 0.6) is 0 Å². The van der Waals surface area contributed by atoms with E-state index in [4.69, 9.17) is 10.00 Å². The van der Waals surface area contributed by atoms with E-state index in [9.17, 15) is 13.2 Å². The van der Waals surface area contributed by atoms with Crippen LogP contribution in [0.3, 0.4) is 0 Å². The standard InChI is InChI=1S/C14H18N2O5S2/c1-20-14(17)13-12(5-9-22-13)23(18,19)16(7-3-6-15)10-11-4-2-8-21-11/h5,9,11H,2-4,7-8,10H2,1H3. The van der Waals surface area contributed by atoms with Crippen LogP contribution in [0.2, 0.25) is 0 Å². The van der Waals surface area contributed by atoms with Crippen molar-refractivity contribution in [2.24, 2.45) is 0 Å². The quantitative estimate of drug-likeness (QED) is 0.687. The van der Waals surface area contributed by atoms with E-state index >= 15 is 0 Å². The highest BCUT2D eigenvalue weighted by Gasteiger charge is 2.32. The number of hydrogen-bond donors (Lipinski definition) is 0. The van der Waals surface area contributed by atoms with Gasteiger partial charge in [-0.15, -0.1) is 11.3 Å². The molecule has 7 nitrogen and oxygen atoms in total. The minimum Gasteiger partial charge on any atom is -0.465 e. The summed E-state index contributed by atoms with van der Waals surface area (Å²) in [6, 6.07) is 3.34. The maximum atomic E-state index is 12.9. The average molecular weight is 358 g/mol. The molecule has 126 valence electrons. The summed E-state index contributed by atoms with van der Waals surface area (Å²) < 4.78 is 37.1. The summed E-state index contributed by atoms with van der Waals surface area (Å²) >= 11 is 1.02. The number of carbonyl (C=O) groups is 1. The monoisotopic (exact) mass is 358 g/mol. The van der Waals surface area contributed by atoms with Crippen LogP contribution in [0, 0.1) is 11.3 Å². The van der Waals surface area contributed by atoms with Crippen LogP contribution in [0.25, 0.3) is 0 Å². The molecule has 1 saturated heterocycles. The molecule has 1 aromatic rings. The highest BCUT2D eigenvalue weighted by molar-refractivity contribution is 7.89. The largest absolute Gasteiger partial charge is 0.465 e. The molecular formula is C14H18N2O5S2. The van der Waals surface area contributed by atoms with Gasteiger partial charge < -0.3 is 9.47 Å². The Kier molecular flexibility index (Phi) is 6.12. The van der Waals surface area contributed by atoms with Gasteiger partial charge in [-0.3, -0.25) is 0 Å². The van der Waals surface area contributed by atoms with Crippen molar-refractivity contribution in [3.8, 4) is 6.07 Å². The van der Waals surface area contributed by atoms with E-state index in [-0.39, 0.29) is 35.4 Å². The average Bonchev–Trinajstić information content (AvgIpc) is 3.21. The van der Waals surface area contributed by atoms with Gasteiger partial charge in [0.1, 0.15) is 9.77 Å². The molecule has 1 aromatic heterocycles. The van der Waals surface area contributed by atoms with Crippen molar-refractivity contribution in [2.45, 2.75) is 30.3 Å². The van der Waals surface area contributed by atoms with Crippen molar-refractivity contribution in [1.29, 1.82) is 5.26 Å². The highest BCUT2D eigenvalue weighted by atomic mass is 32.2. The Morgan fingerprint density at radius 3 is 3.00 bits per heavy atom. The third-order valence-electron chi connectivity index (χ3n) is 3.52. The predicted octanol–water partition coefficient (Wildman–Crippen LogP) is 1.62. The number of sulfonamides is 1. The maximum Gasteiger partial charge on any atom is 0.349 e. The van der Waals surface area contributed by atoms with Crippen LogP contribution in [0.15, 0.2) is 16.3 Å². The fourth-order valence-electron chi connectivity index (χ4n) is 2.38. The molecule has 0 spiro atoms. The molecule has 0 amide bonds. The Bertz CT molecular complexity index is 686. The Hall–Kier alpha value is -1.47. The molecule has 1 unspecified atom stereocenters. The zero-order chi connectivity index (χ0) is 16.9. The number of esters is 1. The predicted molar refractivity (Wildman–Crippen MR) is 83.6 cm³/mol. The SMILES string of the molecule is COC(=O)c1sccc1S(=O)(=O)N(CCC#N)CC1CCCO1. The number of nitrogens with zero attached hydrogens (tertiary/aromatic N) is 2. The Balaban J connectivity index is 2.29. The van der Waals surface area contributed by atoms with Crippen LogP contribution in [-0.2, 0) is 19.5 Å². The van der Waals surface area contributed by atoms with Gasteiger partial charge in [0.2, 0.25) is 10.0 Å². The van der Waals surface area contributed by atoms with Gasteiger partial charge in [-0.1, -0.05) is 0 Å². The third kappa shape index (κ3) is 4.09. The summed E-state index contributed by atoms with van der Waals surface area (Å²) in [5, 5.41) is 10.3.